The number of rotatable bonds is 12. The highest BCUT2D eigenvalue weighted by Crippen LogP contribution is 2.39. The number of fused-ring (bicyclic) bond motifs is 1. The van der Waals surface area contributed by atoms with E-state index < -0.39 is 35.5 Å². The first-order valence-corrected chi connectivity index (χ1v) is 15.5. The molecule has 2 N–H and O–H groups in total. The van der Waals surface area contributed by atoms with E-state index in [4.69, 9.17) is 9.47 Å². The number of aromatic nitrogens is 3. The minimum Gasteiger partial charge on any atom is -0.493 e. The summed E-state index contributed by atoms with van der Waals surface area (Å²) in [4.78, 5) is 52.8. The molecule has 0 aliphatic rings. The third kappa shape index (κ3) is 6.99. The lowest BCUT2D eigenvalue weighted by molar-refractivity contribution is 0.114. The molecule has 0 aliphatic heterocycles. The van der Waals surface area contributed by atoms with Crippen LogP contribution in [0.2, 0.25) is 0 Å². The highest BCUT2D eigenvalue weighted by atomic mass is 32.1. The second-order valence-corrected chi connectivity index (χ2v) is 11.8. The number of halogens is 2. The quantitative estimate of drug-likeness (QED) is 0.182. The maximum atomic E-state index is 15.0. The number of nitrogens with one attached hydrogen (secondary N) is 2. The number of hydrogen-bond acceptors (Lipinski definition) is 9. The molecule has 3 aromatic heterocycles. The van der Waals surface area contributed by atoms with E-state index in [1.165, 1.54) is 24.9 Å². The van der Waals surface area contributed by atoms with E-state index in [0.29, 0.717) is 40.5 Å². The van der Waals surface area contributed by atoms with Crippen molar-refractivity contribution >= 4 is 33.3 Å². The molecule has 252 valence electrons. The van der Waals surface area contributed by atoms with Crippen LogP contribution in [0.25, 0.3) is 26.5 Å². The molecule has 2 amide bonds. The second kappa shape index (κ2) is 14.9. The van der Waals surface area contributed by atoms with Gasteiger partial charge in [-0.15, -0.1) is 11.3 Å². The molecule has 5 rings (SSSR count). The molecular formula is C33H34F2N6O6S. The van der Waals surface area contributed by atoms with Gasteiger partial charge < -0.3 is 14.8 Å². The third-order valence-corrected chi connectivity index (χ3v) is 8.87. The Bertz CT molecular complexity index is 2060. The van der Waals surface area contributed by atoms with Crippen molar-refractivity contribution in [2.24, 2.45) is 0 Å². The number of thiophene rings is 1. The maximum Gasteiger partial charge on any atom is 0.343 e. The average molecular weight is 681 g/mol. The van der Waals surface area contributed by atoms with Crippen LogP contribution in [0.15, 0.2) is 64.2 Å². The summed E-state index contributed by atoms with van der Waals surface area (Å²) in [5.41, 5.74) is 2.58. The number of anilines is 1. The predicted molar refractivity (Wildman–Crippen MR) is 179 cm³/mol. The lowest BCUT2D eigenvalue weighted by Crippen LogP contribution is -2.40. The number of hydrogen-bond donors (Lipinski definition) is 2. The number of carbonyl (C=O) groups is 1. The van der Waals surface area contributed by atoms with Gasteiger partial charge in [0.2, 0.25) is 0 Å². The highest BCUT2D eigenvalue weighted by molar-refractivity contribution is 7.22. The Morgan fingerprint density at radius 1 is 1.00 bits per heavy atom. The molecular weight excluding hydrogens is 646 g/mol. The summed E-state index contributed by atoms with van der Waals surface area (Å²) in [7, 11) is 6.16. The van der Waals surface area contributed by atoms with Crippen molar-refractivity contribution in [2.75, 3.05) is 46.8 Å². The van der Waals surface area contributed by atoms with E-state index in [0.717, 1.165) is 28.0 Å². The second-order valence-electron chi connectivity index (χ2n) is 10.8. The van der Waals surface area contributed by atoms with Crippen LogP contribution in [0, 0.1) is 18.6 Å². The number of urea groups is 1. The Labute approximate surface area is 278 Å². The van der Waals surface area contributed by atoms with Crippen molar-refractivity contribution < 1.29 is 27.9 Å². The van der Waals surface area contributed by atoms with Gasteiger partial charge in [-0.2, -0.15) is 0 Å². The first-order chi connectivity index (χ1) is 23.1. The number of methoxy groups -OCH3 is 2. The molecule has 0 bridgehead atoms. The SMILES string of the molecule is COCCN(C)Cc1c(-c2ccc(NC(=O)NOC)cc2)sc2c1c(=O)n(-c1nc(C)ccc1OC)c(=O)n2Cc1c(F)cccc1F. The van der Waals surface area contributed by atoms with Gasteiger partial charge in [0.15, 0.2) is 11.6 Å². The first kappa shape index (κ1) is 34.4. The lowest BCUT2D eigenvalue weighted by atomic mass is 10.1. The summed E-state index contributed by atoms with van der Waals surface area (Å²) in [6, 6.07) is 13.0. The van der Waals surface area contributed by atoms with Crippen molar-refractivity contribution in [1.29, 1.82) is 0 Å². The topological polar surface area (TPSA) is 129 Å². The van der Waals surface area contributed by atoms with Crippen molar-refractivity contribution in [3.8, 4) is 22.0 Å². The molecule has 5 aromatic rings. The van der Waals surface area contributed by atoms with Crippen molar-refractivity contribution in [1.82, 2.24) is 24.5 Å². The van der Waals surface area contributed by atoms with Crippen LogP contribution in [0.3, 0.4) is 0 Å². The van der Waals surface area contributed by atoms with Crippen LogP contribution in [-0.2, 0) is 22.7 Å². The van der Waals surface area contributed by atoms with Crippen LogP contribution >= 0.6 is 11.3 Å². The van der Waals surface area contributed by atoms with Gasteiger partial charge in [-0.1, -0.05) is 18.2 Å². The number of ether oxygens (including phenoxy) is 2. The number of aryl methyl sites for hydroxylation is 1. The molecule has 3 heterocycles. The maximum absolute atomic E-state index is 15.0. The van der Waals surface area contributed by atoms with Crippen molar-refractivity contribution in [2.45, 2.75) is 20.0 Å². The summed E-state index contributed by atoms with van der Waals surface area (Å²) >= 11 is 1.15. The van der Waals surface area contributed by atoms with Gasteiger partial charge >= 0.3 is 11.7 Å². The third-order valence-electron chi connectivity index (χ3n) is 7.57. The largest absolute Gasteiger partial charge is 0.493 e. The number of likely N-dealkylation sites (N-methyl/N-ethyl adjacent to an activating group) is 1. The standard InChI is InChI=1S/C33H34F2N6O6S/c1-19-9-14-26(46-4)29(36-19)41-30(42)27-23(17-39(2)15-16-45-3)28(20-10-12-21(13-11-20)37-32(43)38-47-5)48-31(27)40(33(41)44)18-22-24(34)7-6-8-25(22)35/h6-14H,15-18H2,1-5H3,(H2,37,38,43). The Hall–Kier alpha value is -4.96. The Balaban J connectivity index is 1.83. The van der Waals surface area contributed by atoms with Crippen LogP contribution in [0.5, 0.6) is 5.75 Å². The molecule has 15 heteroatoms. The monoisotopic (exact) mass is 680 g/mol. The molecule has 0 aliphatic carbocycles. The normalized spacial score (nSPS) is 11.3. The molecule has 0 fully saturated rings. The minimum atomic E-state index is -0.845. The Morgan fingerprint density at radius 2 is 1.71 bits per heavy atom. The fourth-order valence-corrected chi connectivity index (χ4v) is 6.52. The number of pyridine rings is 1. The van der Waals surface area contributed by atoms with Gasteiger partial charge in [0.25, 0.3) is 5.56 Å². The Kier molecular flexibility index (Phi) is 10.6. The van der Waals surface area contributed by atoms with Crippen LogP contribution in [0.4, 0.5) is 19.3 Å². The minimum absolute atomic E-state index is 0.0478. The fourth-order valence-electron chi connectivity index (χ4n) is 5.22. The molecule has 0 unspecified atom stereocenters. The van der Waals surface area contributed by atoms with Gasteiger partial charge in [0.1, 0.15) is 16.5 Å². The van der Waals surface area contributed by atoms with Gasteiger partial charge in [0, 0.05) is 42.0 Å². The van der Waals surface area contributed by atoms with Gasteiger partial charge in [-0.3, -0.25) is 19.1 Å². The number of benzene rings is 2. The molecule has 12 nitrogen and oxygen atoms in total. The Morgan fingerprint density at radius 3 is 2.35 bits per heavy atom. The number of nitrogens with zero attached hydrogens (tertiary/aromatic N) is 4. The molecule has 0 saturated carbocycles. The number of amides is 2. The average Bonchev–Trinajstić information content (AvgIpc) is 3.42. The summed E-state index contributed by atoms with van der Waals surface area (Å²) in [5, 5.41) is 2.82. The summed E-state index contributed by atoms with van der Waals surface area (Å²) in [5.74, 6) is -1.56. The van der Waals surface area contributed by atoms with E-state index in [2.05, 4.69) is 20.6 Å². The zero-order valence-corrected chi connectivity index (χ0v) is 27.7. The fraction of sp³-hybridized carbons (Fsp3) is 0.273. The number of hydroxylamine groups is 1. The molecule has 0 radical (unpaired) electrons. The number of carbonyl (C=O) groups excluding carboxylic acids is 1. The van der Waals surface area contributed by atoms with Crippen molar-refractivity contribution in [3.63, 3.8) is 0 Å². The zero-order valence-electron chi connectivity index (χ0n) is 26.9. The smallest absolute Gasteiger partial charge is 0.343 e. The van der Waals surface area contributed by atoms with Gasteiger partial charge in [0.05, 0.1) is 32.8 Å². The van der Waals surface area contributed by atoms with Crippen LogP contribution in [0.1, 0.15) is 16.8 Å². The van der Waals surface area contributed by atoms with Crippen LogP contribution in [-0.4, -0.2) is 66.6 Å². The lowest BCUT2D eigenvalue weighted by Gasteiger charge is -2.18. The van der Waals surface area contributed by atoms with Crippen molar-refractivity contribution in [3.05, 3.63) is 104 Å². The van der Waals surface area contributed by atoms with Crippen LogP contribution < -0.4 is 26.8 Å². The summed E-state index contributed by atoms with van der Waals surface area (Å²) in [6.07, 6.45) is 0. The van der Waals surface area contributed by atoms with Gasteiger partial charge in [-0.25, -0.2) is 33.4 Å². The van der Waals surface area contributed by atoms with E-state index >= 15 is 8.78 Å². The molecule has 0 spiro atoms. The predicted octanol–water partition coefficient (Wildman–Crippen LogP) is 4.68. The molecule has 48 heavy (non-hydrogen) atoms. The highest BCUT2D eigenvalue weighted by Gasteiger charge is 2.27. The molecule has 0 atom stereocenters. The molecule has 2 aromatic carbocycles. The van der Waals surface area contributed by atoms with E-state index in [9.17, 15) is 14.4 Å². The summed E-state index contributed by atoms with van der Waals surface area (Å²) in [6.45, 7) is 2.40. The zero-order chi connectivity index (χ0) is 34.5. The van der Waals surface area contributed by atoms with E-state index in [1.54, 1.807) is 50.4 Å². The molecule has 0 saturated heterocycles. The first-order valence-electron chi connectivity index (χ1n) is 14.7. The summed E-state index contributed by atoms with van der Waals surface area (Å²) < 4.78 is 42.9. The van der Waals surface area contributed by atoms with E-state index in [1.807, 2.05) is 11.9 Å². The van der Waals surface area contributed by atoms with E-state index in [-0.39, 0.29) is 33.9 Å². The van der Waals surface area contributed by atoms with Gasteiger partial charge in [-0.05, 0) is 61.5 Å².